The van der Waals surface area contributed by atoms with E-state index < -0.39 is 0 Å². The second-order valence-corrected chi connectivity index (χ2v) is 4.03. The van der Waals surface area contributed by atoms with Crippen LogP contribution >= 0.6 is 0 Å². The normalized spacial score (nSPS) is 17.7. The second-order valence-electron chi connectivity index (χ2n) is 4.03. The average Bonchev–Trinajstić information content (AvgIpc) is 2.69. The molecule has 1 aliphatic heterocycles. The molecule has 0 saturated carbocycles. The maximum atomic E-state index is 11.7. The molecule has 0 N–H and O–H groups in total. The number of aromatic nitrogens is 2. The molecule has 0 amide bonds. The summed E-state index contributed by atoms with van der Waals surface area (Å²) in [6, 6.07) is 5.50. The quantitative estimate of drug-likeness (QED) is 0.725. The summed E-state index contributed by atoms with van der Waals surface area (Å²) in [7, 11) is 0. The van der Waals surface area contributed by atoms with Gasteiger partial charge < -0.3 is 5.11 Å². The zero-order valence-electron chi connectivity index (χ0n) is 9.29. The fourth-order valence-electron chi connectivity index (χ4n) is 1.97. The number of aliphatic imine (C=N–C) groups is 1. The molecular weight excluding hydrogens is 214 g/mol. The molecule has 3 heterocycles. The van der Waals surface area contributed by atoms with Crippen molar-refractivity contribution in [3.8, 4) is 0 Å². The number of rotatable bonds is 1. The van der Waals surface area contributed by atoms with Gasteiger partial charge >= 0.3 is 0 Å². The molecular formula is C13H10N3O-. The largest absolute Gasteiger partial charge is 0.858 e. The van der Waals surface area contributed by atoms with E-state index in [-0.39, 0.29) is 11.9 Å². The van der Waals surface area contributed by atoms with Crippen LogP contribution in [0.2, 0.25) is 0 Å². The molecule has 0 bridgehead atoms. The van der Waals surface area contributed by atoms with E-state index in [2.05, 4.69) is 15.0 Å². The van der Waals surface area contributed by atoms with Gasteiger partial charge in [0.15, 0.2) is 0 Å². The zero-order valence-corrected chi connectivity index (χ0v) is 9.29. The molecule has 3 rings (SSSR count). The highest BCUT2D eigenvalue weighted by molar-refractivity contribution is 5.95. The third-order valence-corrected chi connectivity index (χ3v) is 2.88. The Morgan fingerprint density at radius 3 is 2.82 bits per heavy atom. The standard InChI is InChI=1S/C13H11N3O/c1-8-2-3-9(6-15-8)12-10-4-5-14-7-11(10)13(17)16-12/h2-7,12H,1H3,(H,16,17)/p-1. The SMILES string of the molecule is Cc1ccc(C2N=C([O-])c3cnccc32)cn1. The Bertz CT molecular complexity index is 590. The molecule has 0 fully saturated rings. The lowest BCUT2D eigenvalue weighted by Crippen LogP contribution is -2.16. The molecule has 0 aliphatic carbocycles. The van der Waals surface area contributed by atoms with Crippen LogP contribution in [0.25, 0.3) is 0 Å². The number of nitrogens with zero attached hydrogens (tertiary/aromatic N) is 3. The van der Waals surface area contributed by atoms with Gasteiger partial charge in [0.1, 0.15) is 6.04 Å². The van der Waals surface area contributed by atoms with Crippen molar-refractivity contribution in [2.45, 2.75) is 13.0 Å². The highest BCUT2D eigenvalue weighted by Gasteiger charge is 2.22. The van der Waals surface area contributed by atoms with E-state index >= 15 is 0 Å². The molecule has 17 heavy (non-hydrogen) atoms. The van der Waals surface area contributed by atoms with Crippen LogP contribution in [-0.4, -0.2) is 15.9 Å². The van der Waals surface area contributed by atoms with E-state index in [1.807, 2.05) is 25.1 Å². The highest BCUT2D eigenvalue weighted by atomic mass is 16.3. The summed E-state index contributed by atoms with van der Waals surface area (Å²) in [5, 5.41) is 11.7. The molecule has 0 spiro atoms. The summed E-state index contributed by atoms with van der Waals surface area (Å²) in [6.07, 6.45) is 5.02. The van der Waals surface area contributed by atoms with Gasteiger partial charge in [0, 0.05) is 29.8 Å². The van der Waals surface area contributed by atoms with Crippen molar-refractivity contribution in [3.05, 3.63) is 59.2 Å². The molecule has 2 aromatic heterocycles. The number of hydrogen-bond donors (Lipinski definition) is 0. The van der Waals surface area contributed by atoms with Gasteiger partial charge in [-0.3, -0.25) is 15.0 Å². The summed E-state index contributed by atoms with van der Waals surface area (Å²) in [4.78, 5) is 12.3. The highest BCUT2D eigenvalue weighted by Crippen LogP contribution is 2.32. The third-order valence-electron chi connectivity index (χ3n) is 2.88. The minimum Gasteiger partial charge on any atom is -0.858 e. The van der Waals surface area contributed by atoms with Gasteiger partial charge in [0.2, 0.25) is 0 Å². The van der Waals surface area contributed by atoms with Crippen LogP contribution in [0.1, 0.15) is 28.4 Å². The third kappa shape index (κ3) is 1.58. The van der Waals surface area contributed by atoms with Gasteiger partial charge in [-0.05, 0) is 36.1 Å². The second kappa shape index (κ2) is 3.66. The molecule has 4 heteroatoms. The first-order chi connectivity index (χ1) is 8.25. The Morgan fingerprint density at radius 2 is 2.06 bits per heavy atom. The van der Waals surface area contributed by atoms with E-state index in [1.54, 1.807) is 18.6 Å². The lowest BCUT2D eigenvalue weighted by molar-refractivity contribution is -0.212. The number of fused-ring (bicyclic) bond motifs is 1. The molecule has 1 aliphatic rings. The molecule has 4 nitrogen and oxygen atoms in total. The van der Waals surface area contributed by atoms with Gasteiger partial charge in [-0.2, -0.15) is 0 Å². The number of pyridine rings is 2. The topological polar surface area (TPSA) is 61.2 Å². The lowest BCUT2D eigenvalue weighted by Gasteiger charge is -2.09. The molecule has 0 aromatic carbocycles. The van der Waals surface area contributed by atoms with Crippen molar-refractivity contribution in [2.75, 3.05) is 0 Å². The average molecular weight is 224 g/mol. The summed E-state index contributed by atoms with van der Waals surface area (Å²) in [5.74, 6) is -0.196. The van der Waals surface area contributed by atoms with Crippen molar-refractivity contribution < 1.29 is 5.11 Å². The Kier molecular flexibility index (Phi) is 2.14. The Balaban J connectivity index is 2.09. The van der Waals surface area contributed by atoms with E-state index in [0.29, 0.717) is 5.56 Å². The van der Waals surface area contributed by atoms with Gasteiger partial charge in [0.05, 0.1) is 0 Å². The van der Waals surface area contributed by atoms with Gasteiger partial charge in [0.25, 0.3) is 0 Å². The van der Waals surface area contributed by atoms with Crippen molar-refractivity contribution in [1.29, 1.82) is 0 Å². The van der Waals surface area contributed by atoms with Crippen LogP contribution in [-0.2, 0) is 0 Å². The first-order valence-electron chi connectivity index (χ1n) is 5.37. The van der Waals surface area contributed by atoms with Gasteiger partial charge in [-0.15, -0.1) is 0 Å². The number of hydrogen-bond acceptors (Lipinski definition) is 4. The molecule has 2 aromatic rings. The van der Waals surface area contributed by atoms with E-state index in [9.17, 15) is 5.11 Å². The molecule has 0 saturated heterocycles. The van der Waals surface area contributed by atoms with Gasteiger partial charge in [-0.25, -0.2) is 0 Å². The van der Waals surface area contributed by atoms with Crippen LogP contribution in [0.15, 0.2) is 41.8 Å². The fourth-order valence-corrected chi connectivity index (χ4v) is 1.97. The van der Waals surface area contributed by atoms with E-state index in [4.69, 9.17) is 0 Å². The maximum absolute atomic E-state index is 11.7. The van der Waals surface area contributed by atoms with Gasteiger partial charge in [-0.1, -0.05) is 6.07 Å². The fraction of sp³-hybridized carbons (Fsp3) is 0.154. The van der Waals surface area contributed by atoms with E-state index in [0.717, 1.165) is 16.8 Å². The zero-order chi connectivity index (χ0) is 11.8. The van der Waals surface area contributed by atoms with Crippen LogP contribution < -0.4 is 5.11 Å². The minimum absolute atomic E-state index is 0.196. The van der Waals surface area contributed by atoms with Crippen LogP contribution in [0.4, 0.5) is 0 Å². The van der Waals surface area contributed by atoms with Crippen LogP contribution in [0.5, 0.6) is 0 Å². The first-order valence-corrected chi connectivity index (χ1v) is 5.37. The maximum Gasteiger partial charge on any atom is 0.101 e. The van der Waals surface area contributed by atoms with Crippen molar-refractivity contribution in [2.24, 2.45) is 4.99 Å². The Morgan fingerprint density at radius 1 is 1.18 bits per heavy atom. The monoisotopic (exact) mass is 224 g/mol. The Hall–Kier alpha value is -2.23. The molecule has 0 radical (unpaired) electrons. The van der Waals surface area contributed by atoms with Crippen molar-refractivity contribution >= 4 is 5.90 Å². The van der Waals surface area contributed by atoms with Crippen molar-refractivity contribution in [3.63, 3.8) is 0 Å². The van der Waals surface area contributed by atoms with Crippen LogP contribution in [0, 0.1) is 6.92 Å². The van der Waals surface area contributed by atoms with E-state index in [1.165, 1.54) is 0 Å². The molecule has 1 unspecified atom stereocenters. The first kappa shape index (κ1) is 9.96. The predicted molar refractivity (Wildman–Crippen MR) is 61.6 cm³/mol. The molecule has 84 valence electrons. The smallest absolute Gasteiger partial charge is 0.101 e. The number of aryl methyl sites for hydroxylation is 1. The summed E-state index contributed by atoms with van der Waals surface area (Å²) >= 11 is 0. The van der Waals surface area contributed by atoms with Crippen molar-refractivity contribution in [1.82, 2.24) is 9.97 Å². The minimum atomic E-state index is -0.228. The predicted octanol–water partition coefficient (Wildman–Crippen LogP) is 0.995. The molecule has 1 atom stereocenters. The van der Waals surface area contributed by atoms with Crippen LogP contribution in [0.3, 0.4) is 0 Å². The summed E-state index contributed by atoms with van der Waals surface area (Å²) in [6.45, 7) is 1.93. The summed E-state index contributed by atoms with van der Waals surface area (Å²) in [5.41, 5.74) is 3.40. The summed E-state index contributed by atoms with van der Waals surface area (Å²) < 4.78 is 0. The lowest BCUT2D eigenvalue weighted by atomic mass is 10.0. The Labute approximate surface area is 98.7 Å².